The third kappa shape index (κ3) is 6.08. The van der Waals surface area contributed by atoms with E-state index >= 15 is 0 Å². The highest BCUT2D eigenvalue weighted by atomic mass is 16.1. The molecule has 1 fully saturated rings. The van der Waals surface area contributed by atoms with E-state index in [0.717, 1.165) is 19.6 Å². The van der Waals surface area contributed by atoms with Crippen molar-refractivity contribution < 1.29 is 4.79 Å². The Morgan fingerprint density at radius 1 is 1.38 bits per heavy atom. The molecular weight excluding hydrogens is 202 g/mol. The molecule has 0 saturated carbocycles. The molecule has 94 valence electrons. The Morgan fingerprint density at radius 3 is 2.94 bits per heavy atom. The maximum absolute atomic E-state index is 11.4. The summed E-state index contributed by atoms with van der Waals surface area (Å²) in [6.45, 7) is 7.00. The Bertz CT molecular complexity index is 198. The molecule has 4 heteroatoms. The Balaban J connectivity index is 2.07. The van der Waals surface area contributed by atoms with Gasteiger partial charge in [0.15, 0.2) is 0 Å². The minimum absolute atomic E-state index is 0.147. The highest BCUT2D eigenvalue weighted by Crippen LogP contribution is 2.04. The summed E-state index contributed by atoms with van der Waals surface area (Å²) in [7, 11) is 0. The number of amides is 1. The first kappa shape index (κ1) is 13.5. The summed E-state index contributed by atoms with van der Waals surface area (Å²) < 4.78 is 0. The van der Waals surface area contributed by atoms with Crippen LogP contribution in [-0.4, -0.2) is 37.6 Å². The fourth-order valence-corrected chi connectivity index (χ4v) is 2.01. The first-order valence-electron chi connectivity index (χ1n) is 6.42. The molecule has 1 atom stereocenters. The fraction of sp³-hybridized carbons (Fsp3) is 0.917. The number of hydrogen-bond donors (Lipinski definition) is 3. The summed E-state index contributed by atoms with van der Waals surface area (Å²) >= 11 is 0. The Kier molecular flexibility index (Phi) is 6.42. The molecule has 0 aliphatic carbocycles. The highest BCUT2D eigenvalue weighted by molar-refractivity contribution is 5.76. The van der Waals surface area contributed by atoms with Gasteiger partial charge in [-0.1, -0.05) is 0 Å². The Labute approximate surface area is 98.6 Å². The van der Waals surface area contributed by atoms with Gasteiger partial charge >= 0.3 is 0 Å². The van der Waals surface area contributed by atoms with Gasteiger partial charge in [-0.05, 0) is 46.2 Å². The van der Waals surface area contributed by atoms with Crippen LogP contribution in [0.25, 0.3) is 0 Å². The van der Waals surface area contributed by atoms with Crippen LogP contribution in [0.4, 0.5) is 0 Å². The van der Waals surface area contributed by atoms with Crippen molar-refractivity contribution in [2.45, 2.75) is 51.6 Å². The lowest BCUT2D eigenvalue weighted by Gasteiger charge is -2.16. The van der Waals surface area contributed by atoms with Gasteiger partial charge in [0.25, 0.3) is 0 Å². The van der Waals surface area contributed by atoms with Crippen LogP contribution in [0.3, 0.4) is 0 Å². The summed E-state index contributed by atoms with van der Waals surface area (Å²) in [4.78, 5) is 11.4. The predicted molar refractivity (Wildman–Crippen MR) is 66.4 cm³/mol. The predicted octanol–water partition coefficient (Wildman–Crippen LogP) is 0.633. The van der Waals surface area contributed by atoms with Gasteiger partial charge in [-0.15, -0.1) is 0 Å². The van der Waals surface area contributed by atoms with Gasteiger partial charge in [0.2, 0.25) is 5.91 Å². The summed E-state index contributed by atoms with van der Waals surface area (Å²) in [5.41, 5.74) is 0. The van der Waals surface area contributed by atoms with E-state index in [4.69, 9.17) is 0 Å². The average Bonchev–Trinajstić information content (AvgIpc) is 2.45. The minimum Gasteiger partial charge on any atom is -0.354 e. The second-order valence-corrected chi connectivity index (χ2v) is 4.80. The highest BCUT2D eigenvalue weighted by Gasteiger charge is 2.11. The molecule has 3 N–H and O–H groups in total. The SMILES string of the molecule is CC(C)NC(=O)CCNC1CCCNCC1. The fourth-order valence-electron chi connectivity index (χ4n) is 2.01. The molecule has 1 aliphatic heterocycles. The molecule has 1 heterocycles. The van der Waals surface area contributed by atoms with E-state index < -0.39 is 0 Å². The maximum atomic E-state index is 11.4. The van der Waals surface area contributed by atoms with Gasteiger partial charge in [-0.3, -0.25) is 4.79 Å². The number of carbonyl (C=O) groups is 1. The van der Waals surface area contributed by atoms with Crippen molar-refractivity contribution >= 4 is 5.91 Å². The van der Waals surface area contributed by atoms with Crippen LogP contribution in [0.1, 0.15) is 39.5 Å². The van der Waals surface area contributed by atoms with Crippen molar-refractivity contribution in [3.63, 3.8) is 0 Å². The van der Waals surface area contributed by atoms with Crippen molar-refractivity contribution in [3.05, 3.63) is 0 Å². The molecule has 0 bridgehead atoms. The monoisotopic (exact) mass is 227 g/mol. The molecule has 4 nitrogen and oxygen atoms in total. The molecule has 1 saturated heterocycles. The second-order valence-electron chi connectivity index (χ2n) is 4.80. The summed E-state index contributed by atoms with van der Waals surface area (Å²) in [6.07, 6.45) is 4.21. The van der Waals surface area contributed by atoms with Gasteiger partial charge in [0.05, 0.1) is 0 Å². The molecule has 1 rings (SSSR count). The van der Waals surface area contributed by atoms with E-state index in [0.29, 0.717) is 12.5 Å². The molecule has 0 aromatic carbocycles. The summed E-state index contributed by atoms with van der Waals surface area (Å²) in [6, 6.07) is 0.830. The smallest absolute Gasteiger partial charge is 0.221 e. The Morgan fingerprint density at radius 2 is 2.19 bits per heavy atom. The molecular formula is C12H25N3O. The minimum atomic E-state index is 0.147. The van der Waals surface area contributed by atoms with Crippen LogP contribution < -0.4 is 16.0 Å². The topological polar surface area (TPSA) is 53.2 Å². The van der Waals surface area contributed by atoms with Crippen molar-refractivity contribution in [2.75, 3.05) is 19.6 Å². The molecule has 1 aliphatic rings. The first-order chi connectivity index (χ1) is 7.68. The second kappa shape index (κ2) is 7.63. The lowest BCUT2D eigenvalue weighted by atomic mass is 10.1. The molecule has 16 heavy (non-hydrogen) atoms. The number of rotatable bonds is 5. The van der Waals surface area contributed by atoms with Crippen LogP contribution in [-0.2, 0) is 4.79 Å². The largest absolute Gasteiger partial charge is 0.354 e. The third-order valence-corrected chi connectivity index (χ3v) is 2.81. The summed E-state index contributed by atoms with van der Waals surface area (Å²) in [5.74, 6) is 0.147. The quantitative estimate of drug-likeness (QED) is 0.646. The normalized spacial score (nSPS) is 21.8. The van der Waals surface area contributed by atoms with E-state index in [1.807, 2.05) is 13.8 Å². The van der Waals surface area contributed by atoms with E-state index in [-0.39, 0.29) is 11.9 Å². The number of hydrogen-bond acceptors (Lipinski definition) is 3. The molecule has 0 aromatic heterocycles. The van der Waals surface area contributed by atoms with Crippen molar-refractivity contribution in [3.8, 4) is 0 Å². The lowest BCUT2D eigenvalue weighted by molar-refractivity contribution is -0.121. The first-order valence-corrected chi connectivity index (χ1v) is 6.42. The van der Waals surface area contributed by atoms with Gasteiger partial charge < -0.3 is 16.0 Å². The molecule has 0 spiro atoms. The standard InChI is InChI=1S/C12H25N3O/c1-10(2)15-12(16)6-9-14-11-4-3-7-13-8-5-11/h10-11,13-14H,3-9H2,1-2H3,(H,15,16). The van der Waals surface area contributed by atoms with E-state index in [9.17, 15) is 4.79 Å². The van der Waals surface area contributed by atoms with Crippen LogP contribution in [0, 0.1) is 0 Å². The van der Waals surface area contributed by atoms with E-state index in [1.54, 1.807) is 0 Å². The van der Waals surface area contributed by atoms with Crippen molar-refractivity contribution in [1.82, 2.24) is 16.0 Å². The number of nitrogens with one attached hydrogen (secondary N) is 3. The zero-order chi connectivity index (χ0) is 11.8. The van der Waals surface area contributed by atoms with Gasteiger partial charge in [0.1, 0.15) is 0 Å². The van der Waals surface area contributed by atoms with Crippen LogP contribution in [0.5, 0.6) is 0 Å². The van der Waals surface area contributed by atoms with Crippen LogP contribution >= 0.6 is 0 Å². The average molecular weight is 227 g/mol. The third-order valence-electron chi connectivity index (χ3n) is 2.81. The molecule has 1 unspecified atom stereocenters. The maximum Gasteiger partial charge on any atom is 0.221 e. The van der Waals surface area contributed by atoms with E-state index in [2.05, 4.69) is 16.0 Å². The summed E-state index contributed by atoms with van der Waals surface area (Å²) in [5, 5.41) is 9.75. The van der Waals surface area contributed by atoms with Crippen molar-refractivity contribution in [2.24, 2.45) is 0 Å². The van der Waals surface area contributed by atoms with Crippen molar-refractivity contribution in [1.29, 1.82) is 0 Å². The zero-order valence-corrected chi connectivity index (χ0v) is 10.5. The molecule has 0 aromatic rings. The molecule has 0 radical (unpaired) electrons. The molecule has 1 amide bonds. The van der Waals surface area contributed by atoms with Gasteiger partial charge in [-0.25, -0.2) is 0 Å². The number of carbonyl (C=O) groups excluding carboxylic acids is 1. The lowest BCUT2D eigenvalue weighted by Crippen LogP contribution is -2.36. The van der Waals surface area contributed by atoms with Crippen LogP contribution in [0.15, 0.2) is 0 Å². The van der Waals surface area contributed by atoms with Crippen LogP contribution in [0.2, 0.25) is 0 Å². The zero-order valence-electron chi connectivity index (χ0n) is 10.5. The van der Waals surface area contributed by atoms with E-state index in [1.165, 1.54) is 19.3 Å². The van der Waals surface area contributed by atoms with Gasteiger partial charge in [0, 0.05) is 25.0 Å². The Hall–Kier alpha value is -0.610. The van der Waals surface area contributed by atoms with Gasteiger partial charge in [-0.2, -0.15) is 0 Å².